The smallest absolute Gasteiger partial charge is 0.338 e. The highest BCUT2D eigenvalue weighted by Gasteiger charge is 2.18. The predicted molar refractivity (Wildman–Crippen MR) is 98.6 cm³/mol. The summed E-state index contributed by atoms with van der Waals surface area (Å²) in [7, 11) is 0. The first-order chi connectivity index (χ1) is 11.1. The summed E-state index contributed by atoms with van der Waals surface area (Å²) >= 11 is 1.84. The Labute approximate surface area is 144 Å². The number of benzene rings is 1. The molecule has 1 aliphatic carbocycles. The fourth-order valence-corrected chi connectivity index (χ4v) is 3.85. The molecule has 0 atom stereocenters. The minimum atomic E-state index is -0.192. The summed E-state index contributed by atoms with van der Waals surface area (Å²) in [5, 5.41) is 0.558. The van der Waals surface area contributed by atoms with Crippen molar-refractivity contribution in [1.29, 1.82) is 0 Å². The number of thioether (sulfide) groups is 1. The molecule has 1 fully saturated rings. The van der Waals surface area contributed by atoms with Crippen molar-refractivity contribution in [3.8, 4) is 0 Å². The summed E-state index contributed by atoms with van der Waals surface area (Å²) < 4.78 is 5.28. The highest BCUT2D eigenvalue weighted by molar-refractivity contribution is 7.99. The number of esters is 1. The summed E-state index contributed by atoms with van der Waals surface area (Å²) in [6, 6.07) is 8.31. The predicted octanol–water partition coefficient (Wildman–Crippen LogP) is 5.71. The van der Waals surface area contributed by atoms with Crippen molar-refractivity contribution < 1.29 is 9.53 Å². The second-order valence-electron chi connectivity index (χ2n) is 6.39. The minimum absolute atomic E-state index is 0.192. The lowest BCUT2D eigenvalue weighted by Gasteiger charge is -2.19. The largest absolute Gasteiger partial charge is 0.462 e. The van der Waals surface area contributed by atoms with Crippen molar-refractivity contribution in [2.45, 2.75) is 63.0 Å². The van der Waals surface area contributed by atoms with Gasteiger partial charge in [-0.15, -0.1) is 11.8 Å². The maximum absolute atomic E-state index is 12.4. The number of hydrogen-bond donors (Lipinski definition) is 0. The van der Waals surface area contributed by atoms with Crippen LogP contribution >= 0.6 is 11.8 Å². The molecule has 3 heteroatoms. The van der Waals surface area contributed by atoms with Gasteiger partial charge in [0.25, 0.3) is 0 Å². The van der Waals surface area contributed by atoms with Crippen LogP contribution in [-0.4, -0.2) is 17.8 Å². The zero-order valence-corrected chi connectivity index (χ0v) is 15.3. The molecule has 0 heterocycles. The van der Waals surface area contributed by atoms with Gasteiger partial charge in [-0.05, 0) is 43.4 Å². The van der Waals surface area contributed by atoms with Crippen molar-refractivity contribution in [2.24, 2.45) is 5.92 Å². The van der Waals surface area contributed by atoms with Crippen molar-refractivity contribution in [3.05, 3.63) is 35.9 Å². The maximum Gasteiger partial charge on any atom is 0.338 e. The van der Waals surface area contributed by atoms with Gasteiger partial charge >= 0.3 is 5.97 Å². The molecule has 0 radical (unpaired) electrons. The Kier molecular flexibility index (Phi) is 7.22. The van der Waals surface area contributed by atoms with E-state index in [4.69, 9.17) is 4.74 Å². The second-order valence-corrected chi connectivity index (χ2v) is 8.04. The summed E-state index contributed by atoms with van der Waals surface area (Å²) in [5.41, 5.74) is 1.71. The minimum Gasteiger partial charge on any atom is -0.462 e. The Hall–Kier alpha value is -1.22. The lowest BCUT2D eigenvalue weighted by atomic mass is 9.87. The molecule has 0 spiro atoms. The van der Waals surface area contributed by atoms with Gasteiger partial charge in [0.15, 0.2) is 0 Å². The van der Waals surface area contributed by atoms with Crippen molar-refractivity contribution in [3.63, 3.8) is 0 Å². The summed E-state index contributed by atoms with van der Waals surface area (Å²) in [5.74, 6) is 0.315. The number of carbonyl (C=O) groups is 1. The zero-order valence-electron chi connectivity index (χ0n) is 14.5. The van der Waals surface area contributed by atoms with Gasteiger partial charge in [0.1, 0.15) is 0 Å². The van der Waals surface area contributed by atoms with E-state index in [1.165, 1.54) is 37.0 Å². The Bertz CT molecular complexity index is 525. The van der Waals surface area contributed by atoms with E-state index in [1.54, 1.807) is 0 Å². The molecule has 0 unspecified atom stereocenters. The molecular weight excluding hydrogens is 304 g/mol. The molecule has 1 aromatic carbocycles. The van der Waals surface area contributed by atoms with Crippen LogP contribution in [0.15, 0.2) is 35.2 Å². The van der Waals surface area contributed by atoms with E-state index < -0.39 is 0 Å². The van der Waals surface area contributed by atoms with Crippen molar-refractivity contribution in [1.82, 2.24) is 0 Å². The molecule has 1 aromatic rings. The van der Waals surface area contributed by atoms with Gasteiger partial charge < -0.3 is 4.74 Å². The summed E-state index contributed by atoms with van der Waals surface area (Å²) in [4.78, 5) is 13.6. The molecule has 0 amide bonds. The van der Waals surface area contributed by atoms with E-state index in [9.17, 15) is 4.79 Å². The molecule has 0 bridgehead atoms. The summed E-state index contributed by atoms with van der Waals surface area (Å²) in [6.45, 7) is 6.65. The van der Waals surface area contributed by atoms with Crippen LogP contribution in [-0.2, 0) is 9.53 Å². The molecule has 0 N–H and O–H groups in total. The van der Waals surface area contributed by atoms with Crippen molar-refractivity contribution >= 4 is 23.3 Å². The first-order valence-corrected chi connectivity index (χ1v) is 9.64. The third-order valence-electron chi connectivity index (χ3n) is 4.08. The highest BCUT2D eigenvalue weighted by Crippen LogP contribution is 2.30. The van der Waals surface area contributed by atoms with Crippen LogP contribution in [0.5, 0.6) is 0 Å². The van der Waals surface area contributed by atoms with E-state index in [1.807, 2.05) is 18.7 Å². The molecule has 2 nitrogen and oxygen atoms in total. The maximum atomic E-state index is 12.4. The van der Waals surface area contributed by atoms with E-state index in [0.29, 0.717) is 17.8 Å². The van der Waals surface area contributed by atoms with Crippen LogP contribution in [0.3, 0.4) is 0 Å². The number of allylic oxidation sites excluding steroid dienone is 1. The van der Waals surface area contributed by atoms with Crippen LogP contribution in [0.4, 0.5) is 0 Å². The molecule has 126 valence electrons. The topological polar surface area (TPSA) is 26.3 Å². The Morgan fingerprint density at radius 2 is 1.87 bits per heavy atom. The van der Waals surface area contributed by atoms with Gasteiger partial charge in [0.2, 0.25) is 0 Å². The van der Waals surface area contributed by atoms with Crippen LogP contribution in [0, 0.1) is 5.92 Å². The number of ether oxygens (including phenoxy) is 1. The summed E-state index contributed by atoms with van der Waals surface area (Å²) in [6.07, 6.45) is 8.37. The van der Waals surface area contributed by atoms with Crippen LogP contribution in [0.2, 0.25) is 0 Å². The Morgan fingerprint density at radius 1 is 1.22 bits per heavy atom. The third-order valence-corrected chi connectivity index (χ3v) is 5.10. The number of hydrogen-bond acceptors (Lipinski definition) is 3. The van der Waals surface area contributed by atoms with E-state index >= 15 is 0 Å². The van der Waals surface area contributed by atoms with E-state index in [-0.39, 0.29) is 5.97 Å². The SMILES string of the molecule is CCOC(=O)C(=CC1CCCCC1)c1ccc(SC(C)C)cc1. The van der Waals surface area contributed by atoms with Gasteiger partial charge in [-0.1, -0.05) is 51.3 Å². The van der Waals surface area contributed by atoms with E-state index in [2.05, 4.69) is 44.2 Å². The van der Waals surface area contributed by atoms with Gasteiger partial charge in [-0.2, -0.15) is 0 Å². The average Bonchev–Trinajstić information content (AvgIpc) is 2.54. The van der Waals surface area contributed by atoms with Gasteiger partial charge in [0, 0.05) is 10.1 Å². The van der Waals surface area contributed by atoms with Crippen LogP contribution in [0.25, 0.3) is 5.57 Å². The number of carbonyl (C=O) groups excluding carboxylic acids is 1. The van der Waals surface area contributed by atoms with Gasteiger partial charge in [0.05, 0.1) is 12.2 Å². The standard InChI is InChI=1S/C20H28O2S/c1-4-22-20(21)19(14-16-8-6-5-7-9-16)17-10-12-18(13-11-17)23-15(2)3/h10-16H,4-9H2,1-3H3. The molecule has 1 saturated carbocycles. The zero-order chi connectivity index (χ0) is 16.7. The van der Waals surface area contributed by atoms with Gasteiger partial charge in [-0.25, -0.2) is 4.79 Å². The van der Waals surface area contributed by atoms with Crippen LogP contribution < -0.4 is 0 Å². The van der Waals surface area contributed by atoms with Crippen molar-refractivity contribution in [2.75, 3.05) is 6.61 Å². The fraction of sp³-hybridized carbons (Fsp3) is 0.550. The quantitative estimate of drug-likeness (QED) is 0.379. The number of rotatable bonds is 6. The van der Waals surface area contributed by atoms with E-state index in [0.717, 1.165) is 11.1 Å². The second kappa shape index (κ2) is 9.17. The van der Waals surface area contributed by atoms with Gasteiger partial charge in [-0.3, -0.25) is 0 Å². The molecule has 2 rings (SSSR count). The molecule has 0 aromatic heterocycles. The lowest BCUT2D eigenvalue weighted by molar-refractivity contribution is -0.136. The Morgan fingerprint density at radius 3 is 2.43 bits per heavy atom. The molecule has 0 aliphatic heterocycles. The lowest BCUT2D eigenvalue weighted by Crippen LogP contribution is -2.10. The molecule has 1 aliphatic rings. The fourth-order valence-electron chi connectivity index (χ4n) is 3.01. The van der Waals surface area contributed by atoms with Crippen LogP contribution in [0.1, 0.15) is 58.4 Å². The first kappa shape index (κ1) is 18.1. The molecule has 0 saturated heterocycles. The normalized spacial score (nSPS) is 16.6. The Balaban J connectivity index is 2.21. The highest BCUT2D eigenvalue weighted by atomic mass is 32.2. The molecule has 23 heavy (non-hydrogen) atoms. The monoisotopic (exact) mass is 332 g/mol. The third kappa shape index (κ3) is 5.72. The molecular formula is C20H28O2S. The first-order valence-electron chi connectivity index (χ1n) is 8.76. The average molecular weight is 333 g/mol.